The van der Waals surface area contributed by atoms with Gasteiger partial charge in [0, 0.05) is 32.0 Å². The maximum Gasteiger partial charge on any atom is 0.416 e. The number of methoxy groups -OCH3 is 1. The Balaban J connectivity index is 1.50. The molecule has 2 N–H and O–H groups in total. The van der Waals surface area contributed by atoms with E-state index in [0.29, 0.717) is 31.7 Å². The molecule has 3 aromatic rings. The fourth-order valence-electron chi connectivity index (χ4n) is 4.01. The highest BCUT2D eigenvalue weighted by atomic mass is 32.2. The van der Waals surface area contributed by atoms with E-state index < -0.39 is 17.8 Å². The normalized spacial score (nSPS) is 19.3. The lowest BCUT2D eigenvalue weighted by atomic mass is 10.1. The van der Waals surface area contributed by atoms with Crippen molar-refractivity contribution in [2.75, 3.05) is 26.8 Å². The molecule has 6 nitrogen and oxygen atoms in total. The largest absolute Gasteiger partial charge is 0.416 e. The smallest absolute Gasteiger partial charge is 0.383 e. The molecule has 2 aromatic carbocycles. The summed E-state index contributed by atoms with van der Waals surface area (Å²) in [6.45, 7) is 1.58. The van der Waals surface area contributed by atoms with Crippen LogP contribution in [0.2, 0.25) is 0 Å². The summed E-state index contributed by atoms with van der Waals surface area (Å²) in [6.07, 6.45) is -3.84. The standard InChI is InChI=1S/C23H25F3N4O2S/c1-32-10-9-27-21(31)20-12-17(33-22-28-18-7-2-3-8-19(18)29-22)14-30(20)13-15-5-4-6-16(11-15)23(24,25)26/h2-8,11,17,20H,9-10,12-14H2,1H3,(H,27,31)(H,28,29)/t17-,20-/m0/s1. The van der Waals surface area contributed by atoms with Gasteiger partial charge < -0.3 is 15.0 Å². The number of benzene rings is 2. The number of nitrogens with zero attached hydrogens (tertiary/aromatic N) is 2. The molecular formula is C23H25F3N4O2S. The molecule has 10 heteroatoms. The topological polar surface area (TPSA) is 70.2 Å². The number of halogens is 3. The van der Waals surface area contributed by atoms with Crippen molar-refractivity contribution < 1.29 is 22.7 Å². The number of para-hydroxylation sites is 2. The Morgan fingerprint density at radius 2 is 2.09 bits per heavy atom. The van der Waals surface area contributed by atoms with Gasteiger partial charge in [-0.25, -0.2) is 4.98 Å². The first-order valence-corrected chi connectivity index (χ1v) is 11.5. The second kappa shape index (κ2) is 10.1. The number of carbonyl (C=O) groups is 1. The minimum atomic E-state index is -4.41. The van der Waals surface area contributed by atoms with Gasteiger partial charge >= 0.3 is 6.18 Å². The summed E-state index contributed by atoms with van der Waals surface area (Å²) < 4.78 is 44.4. The third-order valence-electron chi connectivity index (χ3n) is 5.56. The Hall–Kier alpha value is -2.56. The summed E-state index contributed by atoms with van der Waals surface area (Å²) in [5.74, 6) is -0.147. The molecule has 1 aromatic heterocycles. The molecule has 0 unspecified atom stereocenters. The number of aromatic nitrogens is 2. The van der Waals surface area contributed by atoms with E-state index in [1.165, 1.54) is 6.07 Å². The summed E-state index contributed by atoms with van der Waals surface area (Å²) in [6, 6.07) is 12.6. The van der Waals surface area contributed by atoms with Gasteiger partial charge in [-0.1, -0.05) is 42.1 Å². The van der Waals surface area contributed by atoms with Gasteiger partial charge in [-0.3, -0.25) is 9.69 Å². The number of amides is 1. The molecule has 1 saturated heterocycles. The first kappa shape index (κ1) is 23.6. The van der Waals surface area contributed by atoms with E-state index in [4.69, 9.17) is 4.74 Å². The number of ether oxygens (including phenoxy) is 1. The molecule has 0 saturated carbocycles. The van der Waals surface area contributed by atoms with Crippen LogP contribution in [0.4, 0.5) is 13.2 Å². The van der Waals surface area contributed by atoms with Crippen LogP contribution < -0.4 is 5.32 Å². The van der Waals surface area contributed by atoms with E-state index in [0.717, 1.165) is 28.3 Å². The van der Waals surface area contributed by atoms with Gasteiger partial charge in [-0.15, -0.1) is 0 Å². The third-order valence-corrected chi connectivity index (χ3v) is 6.65. The van der Waals surface area contributed by atoms with Crippen molar-refractivity contribution >= 4 is 28.7 Å². The van der Waals surface area contributed by atoms with Crippen molar-refractivity contribution in [2.24, 2.45) is 0 Å². The second-order valence-corrected chi connectivity index (χ2v) is 9.25. The maximum atomic E-state index is 13.1. The molecule has 176 valence electrons. The summed E-state index contributed by atoms with van der Waals surface area (Å²) in [4.78, 5) is 22.7. The van der Waals surface area contributed by atoms with Crippen LogP contribution >= 0.6 is 11.8 Å². The second-order valence-electron chi connectivity index (χ2n) is 7.96. The molecule has 0 aliphatic carbocycles. The number of carbonyl (C=O) groups excluding carboxylic acids is 1. The predicted octanol–water partition coefficient (Wildman–Crippen LogP) is 4.08. The highest BCUT2D eigenvalue weighted by Crippen LogP contribution is 2.34. The molecule has 0 radical (unpaired) electrons. The number of hydrogen-bond donors (Lipinski definition) is 2. The van der Waals surface area contributed by atoms with Gasteiger partial charge in [0.25, 0.3) is 0 Å². The molecule has 1 aliphatic rings. The van der Waals surface area contributed by atoms with Crippen LogP contribution in [0.3, 0.4) is 0 Å². The van der Waals surface area contributed by atoms with Crippen LogP contribution in [0, 0.1) is 0 Å². The summed E-state index contributed by atoms with van der Waals surface area (Å²) >= 11 is 1.56. The van der Waals surface area contributed by atoms with Crippen LogP contribution in [0.1, 0.15) is 17.5 Å². The fourth-order valence-corrected chi connectivity index (χ4v) is 5.19. The average molecular weight is 479 g/mol. The number of nitrogens with one attached hydrogen (secondary N) is 2. The summed E-state index contributed by atoms with van der Waals surface area (Å²) in [5.41, 5.74) is 1.64. The van der Waals surface area contributed by atoms with E-state index in [2.05, 4.69) is 15.3 Å². The monoisotopic (exact) mass is 478 g/mol. The first-order valence-electron chi connectivity index (χ1n) is 10.6. The highest BCUT2D eigenvalue weighted by Gasteiger charge is 2.38. The zero-order valence-corrected chi connectivity index (χ0v) is 18.9. The van der Waals surface area contributed by atoms with Crippen molar-refractivity contribution in [1.82, 2.24) is 20.2 Å². The molecule has 1 aliphatic heterocycles. The number of imidazole rings is 1. The zero-order valence-electron chi connectivity index (χ0n) is 18.1. The number of likely N-dealkylation sites (tertiary alicyclic amines) is 1. The molecule has 0 bridgehead atoms. The van der Waals surface area contributed by atoms with Crippen molar-refractivity contribution in [1.29, 1.82) is 0 Å². The number of thioether (sulfide) groups is 1. The minimum Gasteiger partial charge on any atom is -0.383 e. The predicted molar refractivity (Wildman–Crippen MR) is 121 cm³/mol. The van der Waals surface area contributed by atoms with E-state index >= 15 is 0 Å². The van der Waals surface area contributed by atoms with Crippen LogP contribution in [-0.2, 0) is 22.3 Å². The lowest BCUT2D eigenvalue weighted by Crippen LogP contribution is -2.43. The van der Waals surface area contributed by atoms with E-state index in [1.807, 2.05) is 29.2 Å². The number of fused-ring (bicyclic) bond motifs is 1. The Morgan fingerprint density at radius 3 is 2.85 bits per heavy atom. The minimum absolute atomic E-state index is 0.0644. The number of hydrogen-bond acceptors (Lipinski definition) is 5. The Bertz CT molecular complexity index is 1070. The van der Waals surface area contributed by atoms with Crippen LogP contribution in [0.15, 0.2) is 53.7 Å². The number of rotatable bonds is 8. The maximum absolute atomic E-state index is 13.1. The number of H-pyrrole nitrogens is 1. The van der Waals surface area contributed by atoms with Gasteiger partial charge in [0.15, 0.2) is 5.16 Å². The van der Waals surface area contributed by atoms with Crippen LogP contribution in [0.25, 0.3) is 11.0 Å². The van der Waals surface area contributed by atoms with Crippen molar-refractivity contribution in [2.45, 2.75) is 35.6 Å². The van der Waals surface area contributed by atoms with Crippen LogP contribution in [0.5, 0.6) is 0 Å². The molecular weight excluding hydrogens is 453 g/mol. The van der Waals surface area contributed by atoms with E-state index in [1.54, 1.807) is 24.9 Å². The lowest BCUT2D eigenvalue weighted by Gasteiger charge is -2.24. The molecule has 1 amide bonds. The Kier molecular flexibility index (Phi) is 7.26. The Morgan fingerprint density at radius 1 is 1.27 bits per heavy atom. The van der Waals surface area contributed by atoms with Crippen molar-refractivity contribution in [3.63, 3.8) is 0 Å². The summed E-state index contributed by atoms with van der Waals surface area (Å²) in [5, 5.41) is 3.69. The highest BCUT2D eigenvalue weighted by molar-refractivity contribution is 7.99. The zero-order chi connectivity index (χ0) is 23.4. The SMILES string of the molecule is COCCNC(=O)[C@@H]1C[C@H](Sc2nc3ccccc3[nH]2)CN1Cc1cccc(C(F)(F)F)c1. The van der Waals surface area contributed by atoms with Gasteiger partial charge in [0.05, 0.1) is 29.2 Å². The summed E-state index contributed by atoms with van der Waals surface area (Å²) in [7, 11) is 1.56. The van der Waals surface area contributed by atoms with Gasteiger partial charge in [-0.2, -0.15) is 13.2 Å². The molecule has 2 heterocycles. The molecule has 4 rings (SSSR count). The number of alkyl halides is 3. The molecule has 1 fully saturated rings. The fraction of sp³-hybridized carbons (Fsp3) is 0.391. The molecule has 33 heavy (non-hydrogen) atoms. The number of aromatic amines is 1. The van der Waals surface area contributed by atoms with Crippen LogP contribution in [-0.4, -0.2) is 58.9 Å². The quantitative estimate of drug-likeness (QED) is 0.478. The third kappa shape index (κ3) is 5.87. The van der Waals surface area contributed by atoms with Gasteiger partial charge in [0.1, 0.15) is 0 Å². The van der Waals surface area contributed by atoms with E-state index in [-0.39, 0.29) is 17.7 Å². The Labute approximate surface area is 193 Å². The van der Waals surface area contributed by atoms with Crippen molar-refractivity contribution in [3.05, 3.63) is 59.7 Å². The van der Waals surface area contributed by atoms with Gasteiger partial charge in [-0.05, 0) is 30.2 Å². The van der Waals surface area contributed by atoms with Gasteiger partial charge in [0.2, 0.25) is 5.91 Å². The average Bonchev–Trinajstić information content (AvgIpc) is 3.37. The van der Waals surface area contributed by atoms with Crippen molar-refractivity contribution in [3.8, 4) is 0 Å². The molecule has 0 spiro atoms. The lowest BCUT2D eigenvalue weighted by molar-refractivity contribution is -0.137. The van der Waals surface area contributed by atoms with E-state index in [9.17, 15) is 18.0 Å². The first-order chi connectivity index (χ1) is 15.8. The molecule has 2 atom stereocenters.